The number of halogens is 4. The molecule has 10 heteroatoms. The van der Waals surface area contributed by atoms with Gasteiger partial charge in [-0.1, -0.05) is 11.6 Å². The van der Waals surface area contributed by atoms with Crippen LogP contribution in [0.1, 0.15) is 22.3 Å². The Morgan fingerprint density at radius 3 is 2.43 bits per heavy atom. The predicted molar refractivity (Wildman–Crippen MR) is 70.6 cm³/mol. The number of hydrogen-bond acceptors (Lipinski definition) is 3. The van der Waals surface area contributed by atoms with Crippen molar-refractivity contribution >= 4 is 27.5 Å². The molecule has 0 spiro atoms. The van der Waals surface area contributed by atoms with E-state index in [4.69, 9.17) is 16.7 Å². The lowest BCUT2D eigenvalue weighted by Gasteiger charge is -2.11. The van der Waals surface area contributed by atoms with E-state index in [9.17, 15) is 26.4 Å². The summed E-state index contributed by atoms with van der Waals surface area (Å²) in [6.07, 6.45) is -5.59. The first kappa shape index (κ1) is 17.7. The number of carbonyl (C=O) groups excluding carboxylic acids is 1. The van der Waals surface area contributed by atoms with Crippen molar-refractivity contribution in [2.75, 3.05) is 6.54 Å². The van der Waals surface area contributed by atoms with Crippen LogP contribution in [-0.2, 0) is 10.0 Å². The molecule has 0 atom stereocenters. The Morgan fingerprint density at radius 1 is 1.38 bits per heavy atom. The second-order valence-electron chi connectivity index (χ2n) is 4.25. The van der Waals surface area contributed by atoms with Gasteiger partial charge in [0.15, 0.2) is 0 Å². The van der Waals surface area contributed by atoms with Crippen LogP contribution in [0.4, 0.5) is 13.2 Å². The molecule has 0 aliphatic carbocycles. The van der Waals surface area contributed by atoms with Crippen LogP contribution in [-0.4, -0.2) is 27.0 Å². The van der Waals surface area contributed by atoms with Gasteiger partial charge < -0.3 is 5.32 Å². The molecule has 0 saturated carbocycles. The summed E-state index contributed by atoms with van der Waals surface area (Å²) >= 11 is 5.80. The van der Waals surface area contributed by atoms with E-state index in [1.54, 1.807) is 0 Å². The van der Waals surface area contributed by atoms with Gasteiger partial charge in [-0.2, -0.15) is 13.2 Å². The highest BCUT2D eigenvalue weighted by Gasteiger charge is 2.27. The van der Waals surface area contributed by atoms with Gasteiger partial charge in [0, 0.05) is 17.1 Å². The Kier molecular flexibility index (Phi) is 5.24. The third kappa shape index (κ3) is 5.18. The van der Waals surface area contributed by atoms with E-state index in [0.29, 0.717) is 0 Å². The first-order valence-electron chi connectivity index (χ1n) is 5.60. The highest BCUT2D eigenvalue weighted by atomic mass is 35.5. The van der Waals surface area contributed by atoms with E-state index < -0.39 is 35.1 Å². The summed E-state index contributed by atoms with van der Waals surface area (Å²) in [6, 6.07) is 2.13. The van der Waals surface area contributed by atoms with Gasteiger partial charge >= 0.3 is 6.18 Å². The largest absolute Gasteiger partial charge is 0.390 e. The molecule has 118 valence electrons. The lowest BCUT2D eigenvalue weighted by atomic mass is 10.1. The van der Waals surface area contributed by atoms with Gasteiger partial charge in [-0.25, -0.2) is 13.6 Å². The van der Waals surface area contributed by atoms with E-state index in [1.165, 1.54) is 6.92 Å². The Labute approximate surface area is 124 Å². The molecule has 0 saturated heterocycles. The number of hydrogen-bond donors (Lipinski definition) is 2. The zero-order valence-corrected chi connectivity index (χ0v) is 12.4. The zero-order chi connectivity index (χ0) is 16.4. The molecule has 0 aromatic heterocycles. The van der Waals surface area contributed by atoms with Crippen molar-refractivity contribution in [3.63, 3.8) is 0 Å². The Bertz CT molecular complexity index is 659. The van der Waals surface area contributed by atoms with E-state index in [-0.39, 0.29) is 21.0 Å². The number of alkyl halides is 3. The van der Waals surface area contributed by atoms with Gasteiger partial charge in [0.1, 0.15) is 0 Å². The van der Waals surface area contributed by atoms with Gasteiger partial charge in [0.05, 0.1) is 11.3 Å². The molecule has 1 amide bonds. The average Bonchev–Trinajstić information content (AvgIpc) is 2.29. The fourth-order valence-corrected chi connectivity index (χ4v) is 2.60. The lowest BCUT2D eigenvalue weighted by molar-refractivity contribution is -0.132. The number of benzene rings is 1. The zero-order valence-electron chi connectivity index (χ0n) is 10.8. The van der Waals surface area contributed by atoms with E-state index in [0.717, 1.165) is 12.1 Å². The normalized spacial score (nSPS) is 12.3. The third-order valence-electron chi connectivity index (χ3n) is 2.56. The molecule has 0 fully saturated rings. The number of carbonyl (C=O) groups is 1. The van der Waals surface area contributed by atoms with E-state index in [2.05, 4.69) is 0 Å². The summed E-state index contributed by atoms with van der Waals surface area (Å²) in [6.45, 7) is 0.770. The Morgan fingerprint density at radius 2 is 1.95 bits per heavy atom. The van der Waals surface area contributed by atoms with Crippen molar-refractivity contribution in [3.8, 4) is 0 Å². The summed E-state index contributed by atoms with van der Waals surface area (Å²) in [5.74, 6) is -0.869. The third-order valence-corrected chi connectivity index (χ3v) is 3.99. The highest BCUT2D eigenvalue weighted by Crippen LogP contribution is 2.24. The lowest BCUT2D eigenvalue weighted by Crippen LogP contribution is -2.28. The van der Waals surface area contributed by atoms with Gasteiger partial charge in [0.2, 0.25) is 10.0 Å². The van der Waals surface area contributed by atoms with Crippen molar-refractivity contribution in [2.45, 2.75) is 24.4 Å². The second-order valence-corrected chi connectivity index (χ2v) is 6.18. The van der Waals surface area contributed by atoms with Gasteiger partial charge in [-0.15, -0.1) is 0 Å². The van der Waals surface area contributed by atoms with Crippen LogP contribution in [0.5, 0.6) is 0 Å². The molecule has 5 nitrogen and oxygen atoms in total. The minimum Gasteiger partial charge on any atom is -0.352 e. The van der Waals surface area contributed by atoms with Crippen molar-refractivity contribution in [1.29, 1.82) is 0 Å². The van der Waals surface area contributed by atoms with Crippen LogP contribution < -0.4 is 10.5 Å². The van der Waals surface area contributed by atoms with Gasteiger partial charge in [-0.3, -0.25) is 4.79 Å². The van der Waals surface area contributed by atoms with Crippen molar-refractivity contribution in [1.82, 2.24) is 5.32 Å². The topological polar surface area (TPSA) is 89.3 Å². The maximum atomic E-state index is 12.0. The number of primary sulfonamides is 1. The quantitative estimate of drug-likeness (QED) is 0.875. The fraction of sp³-hybridized carbons (Fsp3) is 0.364. The van der Waals surface area contributed by atoms with Gasteiger partial charge in [0.25, 0.3) is 5.91 Å². The highest BCUT2D eigenvalue weighted by molar-refractivity contribution is 7.89. The maximum absolute atomic E-state index is 12.0. The number of rotatable bonds is 4. The molecule has 0 bridgehead atoms. The number of amides is 1. The molecule has 1 aromatic rings. The standard InChI is InChI=1S/C11H12ClF3N2O3S/c1-6-8(12)4-7(5-9(6)21(16,19)20)10(18)17-3-2-11(13,14)15/h4-5H,2-3H2,1H3,(H,17,18)(H2,16,19,20). The molecule has 21 heavy (non-hydrogen) atoms. The van der Waals surface area contributed by atoms with Crippen LogP contribution in [0.3, 0.4) is 0 Å². The minimum atomic E-state index is -4.40. The van der Waals surface area contributed by atoms with Crippen LogP contribution in [0.15, 0.2) is 17.0 Å². The van der Waals surface area contributed by atoms with E-state index in [1.807, 2.05) is 5.32 Å². The number of nitrogens with one attached hydrogen (secondary N) is 1. The summed E-state index contributed by atoms with van der Waals surface area (Å²) in [7, 11) is -4.10. The molecule has 0 heterocycles. The van der Waals surface area contributed by atoms with Crippen molar-refractivity contribution in [3.05, 3.63) is 28.3 Å². The average molecular weight is 345 g/mol. The fourth-order valence-electron chi connectivity index (χ4n) is 1.50. The second kappa shape index (κ2) is 6.20. The van der Waals surface area contributed by atoms with Crippen LogP contribution >= 0.6 is 11.6 Å². The molecular weight excluding hydrogens is 333 g/mol. The van der Waals surface area contributed by atoms with Crippen molar-refractivity contribution in [2.24, 2.45) is 5.14 Å². The van der Waals surface area contributed by atoms with E-state index >= 15 is 0 Å². The van der Waals surface area contributed by atoms with Crippen LogP contribution in [0.2, 0.25) is 5.02 Å². The molecule has 0 aliphatic rings. The molecular formula is C11H12ClF3N2O3S. The molecule has 1 rings (SSSR count). The predicted octanol–water partition coefficient (Wildman–Crippen LogP) is 1.98. The van der Waals surface area contributed by atoms with Crippen molar-refractivity contribution < 1.29 is 26.4 Å². The summed E-state index contributed by atoms with van der Waals surface area (Å²) in [5, 5.41) is 6.99. The monoisotopic (exact) mass is 344 g/mol. The smallest absolute Gasteiger partial charge is 0.352 e. The Balaban J connectivity index is 2.99. The SMILES string of the molecule is Cc1c(Cl)cc(C(=O)NCCC(F)(F)F)cc1S(N)(=O)=O. The molecule has 0 unspecified atom stereocenters. The van der Waals surface area contributed by atoms with Crippen LogP contribution in [0.25, 0.3) is 0 Å². The molecule has 3 N–H and O–H groups in total. The van der Waals surface area contributed by atoms with Crippen LogP contribution in [0, 0.1) is 6.92 Å². The first-order valence-corrected chi connectivity index (χ1v) is 7.52. The summed E-state index contributed by atoms with van der Waals surface area (Å²) < 4.78 is 58.7. The minimum absolute atomic E-state index is 0.0255. The first-order chi connectivity index (χ1) is 9.42. The maximum Gasteiger partial charge on any atom is 0.390 e. The summed E-state index contributed by atoms with van der Waals surface area (Å²) in [5.41, 5.74) is -0.0252. The molecule has 0 aliphatic heterocycles. The number of sulfonamides is 1. The Hall–Kier alpha value is -1.32. The molecule has 1 aromatic carbocycles. The molecule has 0 radical (unpaired) electrons. The summed E-state index contributed by atoms with van der Waals surface area (Å²) in [4.78, 5) is 11.3. The van der Waals surface area contributed by atoms with Gasteiger partial charge in [-0.05, 0) is 24.6 Å². The number of nitrogens with two attached hydrogens (primary N) is 1.